The zero-order chi connectivity index (χ0) is 10.0. The summed E-state index contributed by atoms with van der Waals surface area (Å²) in [5.74, 6) is 0.00301. The molecule has 0 bridgehead atoms. The Balaban J connectivity index is 3.03. The van der Waals surface area contributed by atoms with Crippen LogP contribution in [0.1, 0.15) is 29.7 Å². The summed E-state index contributed by atoms with van der Waals surface area (Å²) in [6, 6.07) is 5.41. The number of aryl methyl sites for hydroxylation is 2. The third-order valence-electron chi connectivity index (χ3n) is 2.33. The van der Waals surface area contributed by atoms with E-state index in [4.69, 9.17) is 5.73 Å². The second-order valence-corrected chi connectivity index (χ2v) is 3.43. The molecule has 1 aromatic carbocycles. The molecule has 0 saturated heterocycles. The summed E-state index contributed by atoms with van der Waals surface area (Å²) in [7, 11) is 0. The maximum absolute atomic E-state index is 11.0. The maximum Gasteiger partial charge on any atom is 0.150 e. The van der Waals surface area contributed by atoms with Crippen LogP contribution in [0.4, 0.5) is 0 Å². The van der Waals surface area contributed by atoms with Gasteiger partial charge in [0, 0.05) is 0 Å². The van der Waals surface area contributed by atoms with Crippen LogP contribution in [0, 0.1) is 13.8 Å². The SMILES string of the molecule is CC(=O)C(N)c1ccc(C)c(C)c1. The van der Waals surface area contributed by atoms with Gasteiger partial charge in [-0.05, 0) is 37.5 Å². The van der Waals surface area contributed by atoms with Crippen LogP contribution in [-0.2, 0) is 4.79 Å². The molecule has 0 aliphatic rings. The van der Waals surface area contributed by atoms with Crippen molar-refractivity contribution in [1.82, 2.24) is 0 Å². The molecule has 0 aromatic heterocycles. The molecule has 0 aliphatic heterocycles. The van der Waals surface area contributed by atoms with Crippen molar-refractivity contribution >= 4 is 5.78 Å². The van der Waals surface area contributed by atoms with Gasteiger partial charge < -0.3 is 5.73 Å². The van der Waals surface area contributed by atoms with Gasteiger partial charge in [0.05, 0.1) is 6.04 Å². The van der Waals surface area contributed by atoms with Crippen LogP contribution < -0.4 is 5.73 Å². The summed E-state index contributed by atoms with van der Waals surface area (Å²) in [6.07, 6.45) is 0. The number of benzene rings is 1. The van der Waals surface area contributed by atoms with Gasteiger partial charge in [0.25, 0.3) is 0 Å². The highest BCUT2D eigenvalue weighted by molar-refractivity contribution is 5.82. The van der Waals surface area contributed by atoms with E-state index in [0.29, 0.717) is 0 Å². The normalized spacial score (nSPS) is 12.6. The Kier molecular flexibility index (Phi) is 2.83. The summed E-state index contributed by atoms with van der Waals surface area (Å²) in [5, 5.41) is 0. The minimum Gasteiger partial charge on any atom is -0.318 e. The van der Waals surface area contributed by atoms with E-state index in [2.05, 4.69) is 0 Å². The molecule has 0 radical (unpaired) electrons. The van der Waals surface area contributed by atoms with Crippen molar-refractivity contribution in [2.75, 3.05) is 0 Å². The average molecular weight is 177 g/mol. The smallest absolute Gasteiger partial charge is 0.150 e. The van der Waals surface area contributed by atoms with Gasteiger partial charge in [0.15, 0.2) is 5.78 Å². The van der Waals surface area contributed by atoms with Crippen LogP contribution >= 0.6 is 0 Å². The molecular formula is C11H15NO. The quantitative estimate of drug-likeness (QED) is 0.749. The Morgan fingerprint density at radius 2 is 1.92 bits per heavy atom. The lowest BCUT2D eigenvalue weighted by atomic mass is 10.00. The van der Waals surface area contributed by atoms with Gasteiger partial charge in [0.2, 0.25) is 0 Å². The van der Waals surface area contributed by atoms with Crippen LogP contribution in [0.5, 0.6) is 0 Å². The third kappa shape index (κ3) is 2.16. The molecule has 2 nitrogen and oxygen atoms in total. The van der Waals surface area contributed by atoms with Crippen LogP contribution in [0.2, 0.25) is 0 Å². The number of Topliss-reactive ketones (excluding diaryl/α,β-unsaturated/α-hetero) is 1. The van der Waals surface area contributed by atoms with Crippen molar-refractivity contribution in [3.8, 4) is 0 Å². The van der Waals surface area contributed by atoms with Crippen LogP contribution in [0.25, 0.3) is 0 Å². The summed E-state index contributed by atoms with van der Waals surface area (Å²) >= 11 is 0. The highest BCUT2D eigenvalue weighted by Gasteiger charge is 2.10. The molecule has 1 atom stereocenters. The van der Waals surface area contributed by atoms with Gasteiger partial charge in [-0.25, -0.2) is 0 Å². The van der Waals surface area contributed by atoms with Gasteiger partial charge in [-0.2, -0.15) is 0 Å². The van der Waals surface area contributed by atoms with Crippen molar-refractivity contribution in [1.29, 1.82) is 0 Å². The van der Waals surface area contributed by atoms with Gasteiger partial charge in [-0.15, -0.1) is 0 Å². The summed E-state index contributed by atoms with van der Waals surface area (Å²) in [5.41, 5.74) is 9.00. The van der Waals surface area contributed by atoms with Crippen LogP contribution in [-0.4, -0.2) is 5.78 Å². The Hall–Kier alpha value is -1.15. The number of carbonyl (C=O) groups excluding carboxylic acids is 1. The number of hydrogen-bond acceptors (Lipinski definition) is 2. The molecule has 0 fully saturated rings. The fraction of sp³-hybridized carbons (Fsp3) is 0.364. The molecule has 0 heterocycles. The Labute approximate surface area is 78.8 Å². The lowest BCUT2D eigenvalue weighted by Crippen LogP contribution is -2.18. The van der Waals surface area contributed by atoms with E-state index in [9.17, 15) is 4.79 Å². The number of carbonyl (C=O) groups is 1. The van der Waals surface area contributed by atoms with Crippen molar-refractivity contribution in [3.63, 3.8) is 0 Å². The predicted molar refractivity (Wildman–Crippen MR) is 53.5 cm³/mol. The second-order valence-electron chi connectivity index (χ2n) is 3.43. The first-order chi connectivity index (χ1) is 6.02. The number of ketones is 1. The summed E-state index contributed by atoms with van der Waals surface area (Å²) in [4.78, 5) is 11.0. The van der Waals surface area contributed by atoms with Crippen LogP contribution in [0.15, 0.2) is 18.2 Å². The zero-order valence-corrected chi connectivity index (χ0v) is 8.29. The fourth-order valence-electron chi connectivity index (χ4n) is 1.19. The Bertz CT molecular complexity index is 331. The lowest BCUT2D eigenvalue weighted by molar-refractivity contribution is -0.118. The summed E-state index contributed by atoms with van der Waals surface area (Å²) in [6.45, 7) is 5.57. The zero-order valence-electron chi connectivity index (χ0n) is 8.29. The minimum absolute atomic E-state index is 0.00301. The number of nitrogens with two attached hydrogens (primary N) is 1. The summed E-state index contributed by atoms with van der Waals surface area (Å²) < 4.78 is 0. The largest absolute Gasteiger partial charge is 0.318 e. The van der Waals surface area contributed by atoms with Crippen molar-refractivity contribution in [2.24, 2.45) is 5.73 Å². The third-order valence-corrected chi connectivity index (χ3v) is 2.33. The molecule has 1 unspecified atom stereocenters. The average Bonchev–Trinajstić information content (AvgIpc) is 2.08. The monoisotopic (exact) mass is 177 g/mol. The molecular weight excluding hydrogens is 162 g/mol. The second kappa shape index (κ2) is 3.71. The highest BCUT2D eigenvalue weighted by atomic mass is 16.1. The molecule has 13 heavy (non-hydrogen) atoms. The van der Waals surface area contributed by atoms with Gasteiger partial charge in [-0.3, -0.25) is 4.79 Å². The van der Waals surface area contributed by atoms with E-state index in [-0.39, 0.29) is 5.78 Å². The molecule has 0 spiro atoms. The van der Waals surface area contributed by atoms with Crippen molar-refractivity contribution in [3.05, 3.63) is 34.9 Å². The molecule has 2 N–H and O–H groups in total. The lowest BCUT2D eigenvalue weighted by Gasteiger charge is -2.09. The standard InChI is InChI=1S/C11H15NO/c1-7-4-5-10(6-8(7)2)11(12)9(3)13/h4-6,11H,12H2,1-3H3. The Morgan fingerprint density at radius 3 is 2.38 bits per heavy atom. The predicted octanol–water partition coefficient (Wildman–Crippen LogP) is 1.89. The maximum atomic E-state index is 11.0. The van der Waals surface area contributed by atoms with Crippen molar-refractivity contribution in [2.45, 2.75) is 26.8 Å². The molecule has 0 amide bonds. The highest BCUT2D eigenvalue weighted by Crippen LogP contribution is 2.15. The van der Waals surface area contributed by atoms with E-state index in [0.717, 1.165) is 5.56 Å². The molecule has 70 valence electrons. The van der Waals surface area contributed by atoms with E-state index >= 15 is 0 Å². The van der Waals surface area contributed by atoms with E-state index in [1.54, 1.807) is 0 Å². The van der Waals surface area contributed by atoms with E-state index in [1.165, 1.54) is 18.1 Å². The minimum atomic E-state index is -0.473. The van der Waals surface area contributed by atoms with Gasteiger partial charge in [0.1, 0.15) is 0 Å². The number of rotatable bonds is 2. The topological polar surface area (TPSA) is 43.1 Å². The van der Waals surface area contributed by atoms with E-state index in [1.807, 2.05) is 32.0 Å². The van der Waals surface area contributed by atoms with Crippen molar-refractivity contribution < 1.29 is 4.79 Å². The van der Waals surface area contributed by atoms with Gasteiger partial charge in [-0.1, -0.05) is 18.2 Å². The number of hydrogen-bond donors (Lipinski definition) is 1. The Morgan fingerprint density at radius 1 is 1.31 bits per heavy atom. The first-order valence-corrected chi connectivity index (χ1v) is 4.35. The van der Waals surface area contributed by atoms with Crippen LogP contribution in [0.3, 0.4) is 0 Å². The first kappa shape index (κ1) is 9.93. The van der Waals surface area contributed by atoms with E-state index < -0.39 is 6.04 Å². The molecule has 1 aromatic rings. The first-order valence-electron chi connectivity index (χ1n) is 4.35. The molecule has 2 heteroatoms. The molecule has 0 saturated carbocycles. The molecule has 1 rings (SSSR count). The molecule has 0 aliphatic carbocycles. The fourth-order valence-corrected chi connectivity index (χ4v) is 1.19. The van der Waals surface area contributed by atoms with Gasteiger partial charge >= 0.3 is 0 Å².